The maximum absolute atomic E-state index is 5.03. The van der Waals surface area contributed by atoms with Gasteiger partial charge in [-0.15, -0.1) is 0 Å². The summed E-state index contributed by atoms with van der Waals surface area (Å²) < 4.78 is 2.20. The fourth-order valence-corrected chi connectivity index (χ4v) is 3.12. The zero-order valence-corrected chi connectivity index (χ0v) is 13.7. The van der Waals surface area contributed by atoms with E-state index in [9.17, 15) is 0 Å². The summed E-state index contributed by atoms with van der Waals surface area (Å²) in [4.78, 5) is 5.03. The summed E-state index contributed by atoms with van der Waals surface area (Å²) in [7, 11) is 2.10. The van der Waals surface area contributed by atoms with Crippen molar-refractivity contribution in [2.75, 3.05) is 0 Å². The molecule has 0 N–H and O–H groups in total. The molecule has 4 aromatic rings. The molecule has 0 aliphatic carbocycles. The average Bonchev–Trinajstić information content (AvgIpc) is 2.66. The number of benzene rings is 3. The maximum Gasteiger partial charge on any atom is 0.303 e. The summed E-state index contributed by atoms with van der Waals surface area (Å²) in [5.41, 5.74) is 4.69. The van der Waals surface area contributed by atoms with Gasteiger partial charge in [0.2, 0.25) is 0 Å². The lowest BCUT2D eigenvalue weighted by Crippen LogP contribution is -2.36. The van der Waals surface area contributed by atoms with Crippen LogP contribution in [0.3, 0.4) is 0 Å². The molecule has 2 heteroatoms. The largest absolute Gasteiger partial charge is 0.303 e. The van der Waals surface area contributed by atoms with Crippen LogP contribution in [0.15, 0.2) is 84.9 Å². The van der Waals surface area contributed by atoms with E-state index in [1.807, 2.05) is 12.1 Å². The van der Waals surface area contributed by atoms with Crippen LogP contribution in [0.25, 0.3) is 22.2 Å². The Kier molecular flexibility index (Phi) is 3.80. The molecular formula is C22H19N2+. The Morgan fingerprint density at radius 1 is 0.750 bits per heavy atom. The first-order chi connectivity index (χ1) is 11.8. The molecule has 0 atom stereocenters. The Bertz CT molecular complexity index is 977. The fourth-order valence-electron chi connectivity index (χ4n) is 3.12. The molecule has 1 heterocycles. The smallest absolute Gasteiger partial charge is 0.230 e. The monoisotopic (exact) mass is 311 g/mol. The zero-order valence-electron chi connectivity index (χ0n) is 13.7. The number of aryl methyl sites for hydroxylation is 1. The van der Waals surface area contributed by atoms with Gasteiger partial charge in [-0.25, -0.2) is 4.57 Å². The zero-order chi connectivity index (χ0) is 16.4. The van der Waals surface area contributed by atoms with E-state index in [0.717, 1.165) is 23.5 Å². The van der Waals surface area contributed by atoms with Gasteiger partial charge < -0.3 is 0 Å². The van der Waals surface area contributed by atoms with Crippen LogP contribution in [-0.2, 0) is 13.5 Å². The lowest BCUT2D eigenvalue weighted by atomic mass is 10.1. The van der Waals surface area contributed by atoms with E-state index in [2.05, 4.69) is 84.4 Å². The minimum absolute atomic E-state index is 0.821. The minimum atomic E-state index is 0.821. The molecule has 0 fully saturated rings. The highest BCUT2D eigenvalue weighted by Crippen LogP contribution is 2.25. The van der Waals surface area contributed by atoms with E-state index in [-0.39, 0.29) is 0 Å². The van der Waals surface area contributed by atoms with E-state index in [1.165, 1.54) is 16.5 Å². The van der Waals surface area contributed by atoms with Crippen molar-refractivity contribution in [3.8, 4) is 11.3 Å². The number of aromatic nitrogens is 2. The van der Waals surface area contributed by atoms with Gasteiger partial charge in [0.05, 0.1) is 18.9 Å². The molecule has 24 heavy (non-hydrogen) atoms. The fraction of sp³-hybridized carbons (Fsp3) is 0.0909. The SMILES string of the molecule is C[n+]1c(Cc2ccccc2)nc(-c2ccccc2)c2ccccc21. The molecule has 1 aromatic heterocycles. The Labute approximate surface area is 142 Å². The van der Waals surface area contributed by atoms with Crippen LogP contribution in [0.2, 0.25) is 0 Å². The van der Waals surface area contributed by atoms with Crippen LogP contribution in [0.1, 0.15) is 11.4 Å². The van der Waals surface area contributed by atoms with Crippen molar-refractivity contribution in [2.24, 2.45) is 7.05 Å². The number of nitrogens with zero attached hydrogens (tertiary/aromatic N) is 2. The summed E-state index contributed by atoms with van der Waals surface area (Å²) in [6.07, 6.45) is 0.821. The van der Waals surface area contributed by atoms with Gasteiger partial charge in [0, 0.05) is 5.56 Å². The van der Waals surface area contributed by atoms with Gasteiger partial charge in [0.25, 0.3) is 0 Å². The molecule has 3 aromatic carbocycles. The van der Waals surface area contributed by atoms with Gasteiger partial charge in [-0.3, -0.25) is 0 Å². The van der Waals surface area contributed by atoms with Crippen molar-refractivity contribution in [1.82, 2.24) is 4.98 Å². The van der Waals surface area contributed by atoms with E-state index >= 15 is 0 Å². The molecule has 0 unspecified atom stereocenters. The first kappa shape index (κ1) is 14.6. The summed E-state index contributed by atoms with van der Waals surface area (Å²) in [5, 5.41) is 1.18. The van der Waals surface area contributed by atoms with Gasteiger partial charge in [0.1, 0.15) is 5.52 Å². The Morgan fingerprint density at radius 2 is 1.38 bits per heavy atom. The van der Waals surface area contributed by atoms with E-state index in [1.54, 1.807) is 0 Å². The standard InChI is InChI=1S/C22H19N2/c1-24-20-15-9-8-14-19(20)22(18-12-6-3-7-13-18)23-21(24)16-17-10-4-2-5-11-17/h2-15H,16H2,1H3/q+1. The molecule has 0 bridgehead atoms. The third-order valence-corrected chi connectivity index (χ3v) is 4.40. The second kappa shape index (κ2) is 6.25. The summed E-state index contributed by atoms with van der Waals surface area (Å²) in [5.74, 6) is 1.07. The molecular weight excluding hydrogens is 292 g/mol. The first-order valence-electron chi connectivity index (χ1n) is 8.20. The Balaban J connectivity index is 1.93. The third kappa shape index (κ3) is 2.67. The average molecular weight is 311 g/mol. The summed E-state index contributed by atoms with van der Waals surface area (Å²) >= 11 is 0. The van der Waals surface area contributed by atoms with Crippen molar-refractivity contribution in [3.05, 3.63) is 96.3 Å². The molecule has 0 aliphatic rings. The molecule has 0 aliphatic heterocycles. The third-order valence-electron chi connectivity index (χ3n) is 4.40. The number of rotatable bonds is 3. The second-order valence-corrected chi connectivity index (χ2v) is 5.98. The lowest BCUT2D eigenvalue weighted by Gasteiger charge is -2.07. The van der Waals surface area contributed by atoms with E-state index in [4.69, 9.17) is 4.98 Å². The highest BCUT2D eigenvalue weighted by Gasteiger charge is 2.20. The molecule has 0 amide bonds. The quantitative estimate of drug-likeness (QED) is 0.515. The molecule has 2 nitrogen and oxygen atoms in total. The molecule has 0 spiro atoms. The van der Waals surface area contributed by atoms with Crippen LogP contribution in [0.4, 0.5) is 0 Å². The van der Waals surface area contributed by atoms with Crippen molar-refractivity contribution in [2.45, 2.75) is 6.42 Å². The predicted octanol–water partition coefficient (Wildman–Crippen LogP) is 4.32. The number of hydrogen-bond acceptors (Lipinski definition) is 1. The van der Waals surface area contributed by atoms with Crippen LogP contribution >= 0.6 is 0 Å². The summed E-state index contributed by atoms with van der Waals surface area (Å²) in [6.45, 7) is 0. The Hall–Kier alpha value is -3.00. The minimum Gasteiger partial charge on any atom is -0.230 e. The summed E-state index contributed by atoms with van der Waals surface area (Å²) in [6, 6.07) is 29.4. The van der Waals surface area contributed by atoms with Crippen molar-refractivity contribution < 1.29 is 4.57 Å². The van der Waals surface area contributed by atoms with Gasteiger partial charge in [-0.1, -0.05) is 72.8 Å². The highest BCUT2D eigenvalue weighted by atomic mass is 15.0. The number of fused-ring (bicyclic) bond motifs is 1. The van der Waals surface area contributed by atoms with Gasteiger partial charge in [-0.2, -0.15) is 0 Å². The molecule has 0 radical (unpaired) electrons. The second-order valence-electron chi connectivity index (χ2n) is 5.98. The van der Waals surface area contributed by atoms with E-state index in [0.29, 0.717) is 0 Å². The van der Waals surface area contributed by atoms with Crippen LogP contribution in [0.5, 0.6) is 0 Å². The van der Waals surface area contributed by atoms with Crippen LogP contribution in [-0.4, -0.2) is 4.98 Å². The van der Waals surface area contributed by atoms with Crippen molar-refractivity contribution >= 4 is 10.9 Å². The lowest BCUT2D eigenvalue weighted by molar-refractivity contribution is -0.655. The maximum atomic E-state index is 5.03. The van der Waals surface area contributed by atoms with Crippen LogP contribution in [0, 0.1) is 0 Å². The van der Waals surface area contributed by atoms with E-state index < -0.39 is 0 Å². The molecule has 0 saturated heterocycles. The molecule has 116 valence electrons. The topological polar surface area (TPSA) is 16.8 Å². The normalized spacial score (nSPS) is 10.9. The molecule has 4 rings (SSSR count). The predicted molar refractivity (Wildman–Crippen MR) is 97.6 cm³/mol. The van der Waals surface area contributed by atoms with Crippen molar-refractivity contribution in [3.63, 3.8) is 0 Å². The number of para-hydroxylation sites is 1. The molecule has 0 saturated carbocycles. The van der Waals surface area contributed by atoms with Crippen molar-refractivity contribution in [1.29, 1.82) is 0 Å². The van der Waals surface area contributed by atoms with Gasteiger partial charge in [0.15, 0.2) is 5.69 Å². The van der Waals surface area contributed by atoms with Crippen LogP contribution < -0.4 is 4.57 Å². The van der Waals surface area contributed by atoms with Gasteiger partial charge >= 0.3 is 5.82 Å². The first-order valence-corrected chi connectivity index (χ1v) is 8.20. The number of hydrogen-bond donors (Lipinski definition) is 0. The Morgan fingerprint density at radius 3 is 2.12 bits per heavy atom. The van der Waals surface area contributed by atoms with Gasteiger partial charge in [-0.05, 0) is 22.7 Å². The highest BCUT2D eigenvalue weighted by molar-refractivity contribution is 5.90.